The van der Waals surface area contributed by atoms with Crippen LogP contribution in [0.2, 0.25) is 0 Å². The smallest absolute Gasteiger partial charge is 0.119 e. The predicted octanol–water partition coefficient (Wildman–Crippen LogP) is 5.35. The molecule has 2 heterocycles. The fraction of sp³-hybridized carbons (Fsp3) is 0.105. The molecule has 118 valence electrons. The molecule has 0 bridgehead atoms. The molecule has 0 unspecified atom stereocenters. The van der Waals surface area contributed by atoms with Crippen molar-refractivity contribution in [2.75, 3.05) is 0 Å². The maximum absolute atomic E-state index is 4.62. The third-order valence-corrected chi connectivity index (χ3v) is 5.80. The molecular formula is C19H15N3S2. The van der Waals surface area contributed by atoms with Crippen LogP contribution in [0.1, 0.15) is 11.1 Å². The van der Waals surface area contributed by atoms with Gasteiger partial charge in [0, 0.05) is 11.3 Å². The Morgan fingerprint density at radius 2 is 1.75 bits per heavy atom. The van der Waals surface area contributed by atoms with E-state index < -0.39 is 0 Å². The average Bonchev–Trinajstić information content (AvgIpc) is 3.07. The van der Waals surface area contributed by atoms with Crippen LogP contribution in [-0.4, -0.2) is 14.3 Å². The largest absolute Gasteiger partial charge is 0.233 e. The summed E-state index contributed by atoms with van der Waals surface area (Å²) in [6.45, 7) is 2.10. The van der Waals surface area contributed by atoms with Crippen LogP contribution in [0.4, 0.5) is 0 Å². The van der Waals surface area contributed by atoms with E-state index in [1.807, 2.05) is 18.2 Å². The quantitative estimate of drug-likeness (QED) is 0.367. The van der Waals surface area contributed by atoms with E-state index in [1.165, 1.54) is 22.7 Å². The zero-order valence-electron chi connectivity index (χ0n) is 13.1. The molecule has 2 aromatic heterocycles. The lowest BCUT2D eigenvalue weighted by Gasteiger charge is -2.03. The van der Waals surface area contributed by atoms with Crippen molar-refractivity contribution < 1.29 is 0 Å². The first-order valence-corrected chi connectivity index (χ1v) is 9.41. The molecule has 24 heavy (non-hydrogen) atoms. The van der Waals surface area contributed by atoms with Crippen LogP contribution < -0.4 is 0 Å². The maximum Gasteiger partial charge on any atom is 0.119 e. The number of rotatable bonds is 4. The van der Waals surface area contributed by atoms with E-state index in [4.69, 9.17) is 0 Å². The van der Waals surface area contributed by atoms with E-state index >= 15 is 0 Å². The third-order valence-electron chi connectivity index (χ3n) is 3.77. The summed E-state index contributed by atoms with van der Waals surface area (Å²) in [7, 11) is 0. The van der Waals surface area contributed by atoms with Gasteiger partial charge in [0.15, 0.2) is 0 Å². The van der Waals surface area contributed by atoms with Gasteiger partial charge in [0.2, 0.25) is 0 Å². The summed E-state index contributed by atoms with van der Waals surface area (Å²) in [5, 5.41) is 1.00. The van der Waals surface area contributed by atoms with Crippen molar-refractivity contribution in [3.63, 3.8) is 0 Å². The zero-order valence-corrected chi connectivity index (χ0v) is 14.8. The highest BCUT2D eigenvalue weighted by Gasteiger charge is 2.14. The van der Waals surface area contributed by atoms with Crippen molar-refractivity contribution in [2.45, 2.75) is 17.7 Å². The summed E-state index contributed by atoms with van der Waals surface area (Å²) in [6.07, 6.45) is 1.64. The number of hydrogen-bond donors (Lipinski definition) is 0. The van der Waals surface area contributed by atoms with Gasteiger partial charge in [-0.3, -0.25) is 0 Å². The third kappa shape index (κ3) is 3.05. The molecule has 0 N–H and O–H groups in total. The van der Waals surface area contributed by atoms with Crippen LogP contribution in [0.3, 0.4) is 0 Å². The van der Waals surface area contributed by atoms with Crippen molar-refractivity contribution in [3.05, 3.63) is 72.1 Å². The molecule has 0 saturated carbocycles. The number of aryl methyl sites for hydroxylation is 1. The van der Waals surface area contributed by atoms with Gasteiger partial charge in [-0.1, -0.05) is 60.2 Å². The Bertz CT molecular complexity index is 963. The molecule has 2 aromatic carbocycles. The number of hydrogen-bond acceptors (Lipinski definition) is 5. The van der Waals surface area contributed by atoms with Crippen LogP contribution >= 0.6 is 23.3 Å². The molecule has 0 spiro atoms. The molecular weight excluding hydrogens is 334 g/mol. The van der Waals surface area contributed by atoms with E-state index in [-0.39, 0.29) is 0 Å². The van der Waals surface area contributed by atoms with Gasteiger partial charge < -0.3 is 0 Å². The number of nitrogens with zero attached hydrogens (tertiary/aromatic N) is 3. The molecule has 3 nitrogen and oxygen atoms in total. The summed E-state index contributed by atoms with van der Waals surface area (Å²) < 4.78 is 5.68. The normalized spacial score (nSPS) is 11.0. The lowest BCUT2D eigenvalue weighted by Crippen LogP contribution is -1.87. The van der Waals surface area contributed by atoms with Gasteiger partial charge >= 0.3 is 0 Å². The Balaban J connectivity index is 1.65. The van der Waals surface area contributed by atoms with Crippen molar-refractivity contribution in [2.24, 2.45) is 0 Å². The second kappa shape index (κ2) is 6.71. The van der Waals surface area contributed by atoms with Crippen LogP contribution in [0.25, 0.3) is 21.5 Å². The standard InChI is InChI=1S/C19H15N3S2/c1-13-7-9-14(10-8-13)11-23-19-18-17(20-12-21-19)16(22-24-18)15-5-3-2-4-6-15/h2-10,12H,11H2,1H3. The molecule has 0 fully saturated rings. The molecule has 0 aliphatic rings. The highest BCUT2D eigenvalue weighted by atomic mass is 32.2. The molecule has 4 rings (SSSR count). The SMILES string of the molecule is Cc1ccc(CSc2ncnc3c(-c4ccccc4)nsc23)cc1. The van der Waals surface area contributed by atoms with Gasteiger partial charge in [-0.25, -0.2) is 9.97 Å². The highest BCUT2D eigenvalue weighted by Crippen LogP contribution is 2.35. The molecule has 0 radical (unpaired) electrons. The van der Waals surface area contributed by atoms with E-state index in [9.17, 15) is 0 Å². The Morgan fingerprint density at radius 1 is 0.958 bits per heavy atom. The maximum atomic E-state index is 4.62. The summed E-state index contributed by atoms with van der Waals surface area (Å²) in [5.74, 6) is 0.894. The van der Waals surface area contributed by atoms with Crippen LogP contribution in [-0.2, 0) is 5.75 Å². The number of benzene rings is 2. The first-order chi connectivity index (χ1) is 11.8. The molecule has 0 saturated heterocycles. The number of aromatic nitrogens is 3. The first kappa shape index (κ1) is 15.3. The Morgan fingerprint density at radius 3 is 2.54 bits per heavy atom. The highest BCUT2D eigenvalue weighted by molar-refractivity contribution is 7.98. The Kier molecular flexibility index (Phi) is 4.28. The van der Waals surface area contributed by atoms with Crippen LogP contribution in [0, 0.1) is 6.92 Å². The Hall–Kier alpha value is -2.24. The Labute approximate surface area is 149 Å². The predicted molar refractivity (Wildman–Crippen MR) is 101 cm³/mol. The van der Waals surface area contributed by atoms with Gasteiger partial charge in [-0.2, -0.15) is 4.37 Å². The topological polar surface area (TPSA) is 38.7 Å². The van der Waals surface area contributed by atoms with Gasteiger partial charge in [0.05, 0.1) is 0 Å². The summed E-state index contributed by atoms with van der Waals surface area (Å²) in [4.78, 5) is 8.94. The van der Waals surface area contributed by atoms with Crippen LogP contribution in [0.5, 0.6) is 0 Å². The lowest BCUT2D eigenvalue weighted by molar-refractivity contribution is 1.11. The second-order valence-electron chi connectivity index (χ2n) is 5.53. The molecule has 0 aliphatic carbocycles. The minimum Gasteiger partial charge on any atom is -0.233 e. The van der Waals surface area contributed by atoms with Gasteiger partial charge in [0.25, 0.3) is 0 Å². The minimum absolute atomic E-state index is 0.894. The lowest BCUT2D eigenvalue weighted by atomic mass is 10.1. The first-order valence-electron chi connectivity index (χ1n) is 7.65. The van der Waals surface area contributed by atoms with Crippen LogP contribution in [0.15, 0.2) is 66.0 Å². The van der Waals surface area contributed by atoms with Crippen molar-refractivity contribution in [3.8, 4) is 11.3 Å². The molecule has 4 aromatic rings. The van der Waals surface area contributed by atoms with Crippen molar-refractivity contribution in [1.82, 2.24) is 14.3 Å². The van der Waals surface area contributed by atoms with E-state index in [0.29, 0.717) is 0 Å². The van der Waals surface area contributed by atoms with E-state index in [1.54, 1.807) is 18.1 Å². The van der Waals surface area contributed by atoms with E-state index in [0.717, 1.165) is 32.3 Å². The van der Waals surface area contributed by atoms with E-state index in [2.05, 4.69) is 57.7 Å². The number of fused-ring (bicyclic) bond motifs is 1. The fourth-order valence-electron chi connectivity index (χ4n) is 2.47. The molecule has 0 amide bonds. The molecule has 5 heteroatoms. The minimum atomic E-state index is 0.894. The second-order valence-corrected chi connectivity index (χ2v) is 7.27. The van der Waals surface area contributed by atoms with Gasteiger partial charge in [0.1, 0.15) is 27.3 Å². The monoisotopic (exact) mass is 349 g/mol. The summed E-state index contributed by atoms with van der Waals surface area (Å²) >= 11 is 3.21. The van der Waals surface area contributed by atoms with Gasteiger partial charge in [-0.15, -0.1) is 11.8 Å². The van der Waals surface area contributed by atoms with Crippen molar-refractivity contribution in [1.29, 1.82) is 0 Å². The summed E-state index contributed by atoms with van der Waals surface area (Å²) in [5.41, 5.74) is 5.55. The average molecular weight is 349 g/mol. The summed E-state index contributed by atoms with van der Waals surface area (Å²) in [6, 6.07) is 18.8. The zero-order chi connectivity index (χ0) is 16.4. The van der Waals surface area contributed by atoms with Gasteiger partial charge in [-0.05, 0) is 24.0 Å². The number of thioether (sulfide) groups is 1. The fourth-order valence-corrected chi connectivity index (χ4v) is 4.34. The molecule has 0 atom stereocenters. The molecule has 0 aliphatic heterocycles. The van der Waals surface area contributed by atoms with Crippen molar-refractivity contribution >= 4 is 33.5 Å².